The molecule has 27 heavy (non-hydrogen) atoms. The van der Waals surface area contributed by atoms with Gasteiger partial charge in [0.05, 0.1) is 0 Å². The summed E-state index contributed by atoms with van der Waals surface area (Å²) < 4.78 is 2.19. The van der Waals surface area contributed by atoms with E-state index in [4.69, 9.17) is 0 Å². The first-order chi connectivity index (χ1) is 12.8. The second-order valence-electron chi connectivity index (χ2n) is 6.05. The van der Waals surface area contributed by atoms with Crippen LogP contribution in [0, 0.1) is 0 Å². The molecule has 1 heterocycles. The molecular weight excluding hydrogens is 449 g/mol. The first-order valence-electron chi connectivity index (χ1n) is 8.87. The lowest BCUT2D eigenvalue weighted by Crippen LogP contribution is -2.38. The fraction of sp³-hybridized carbons (Fsp3) is 0.238. The Labute approximate surface area is 178 Å². The first-order valence-corrected chi connectivity index (χ1v) is 8.87. The van der Waals surface area contributed by atoms with Crippen LogP contribution in [0.15, 0.2) is 78.0 Å². The maximum atomic E-state index is 4.49. The average molecular weight is 475 g/mol. The number of imidazole rings is 1. The zero-order valence-corrected chi connectivity index (χ0v) is 17.8. The molecule has 0 fully saturated rings. The van der Waals surface area contributed by atoms with Crippen LogP contribution in [-0.2, 0) is 19.5 Å². The van der Waals surface area contributed by atoms with E-state index in [9.17, 15) is 0 Å². The Hall–Kier alpha value is -2.35. The van der Waals surface area contributed by atoms with Crippen molar-refractivity contribution < 1.29 is 0 Å². The van der Waals surface area contributed by atoms with Gasteiger partial charge in [-0.1, -0.05) is 60.7 Å². The minimum Gasteiger partial charge on any atom is -0.356 e. The van der Waals surface area contributed by atoms with Gasteiger partial charge in [-0.3, -0.25) is 4.99 Å². The SMILES string of the molecule is CN=C(NCCc1nccn1Cc1ccccc1)NCc1ccccc1.I. The first kappa shape index (κ1) is 21.0. The second kappa shape index (κ2) is 11.4. The molecule has 0 spiro atoms. The molecule has 0 amide bonds. The Balaban J connectivity index is 0.00000261. The van der Waals surface area contributed by atoms with Crippen molar-refractivity contribution in [1.29, 1.82) is 0 Å². The van der Waals surface area contributed by atoms with E-state index < -0.39 is 0 Å². The highest BCUT2D eigenvalue weighted by atomic mass is 127. The summed E-state index contributed by atoms with van der Waals surface area (Å²) in [6.07, 6.45) is 4.73. The summed E-state index contributed by atoms with van der Waals surface area (Å²) in [4.78, 5) is 8.77. The number of guanidine groups is 1. The van der Waals surface area contributed by atoms with Gasteiger partial charge >= 0.3 is 0 Å². The molecule has 0 radical (unpaired) electrons. The Bertz CT molecular complexity index is 815. The second-order valence-corrected chi connectivity index (χ2v) is 6.05. The molecule has 0 aliphatic carbocycles. The van der Waals surface area contributed by atoms with Gasteiger partial charge in [-0.05, 0) is 11.1 Å². The highest BCUT2D eigenvalue weighted by Gasteiger charge is 2.04. The number of aromatic nitrogens is 2. The third-order valence-corrected chi connectivity index (χ3v) is 4.16. The fourth-order valence-corrected chi connectivity index (χ4v) is 2.79. The van der Waals surface area contributed by atoms with Crippen LogP contribution in [0.5, 0.6) is 0 Å². The molecule has 142 valence electrons. The molecule has 0 saturated heterocycles. The Kier molecular flexibility index (Phi) is 8.83. The lowest BCUT2D eigenvalue weighted by Gasteiger charge is -2.12. The number of rotatable bonds is 7. The normalized spacial score (nSPS) is 10.9. The highest BCUT2D eigenvalue weighted by Crippen LogP contribution is 2.05. The van der Waals surface area contributed by atoms with Crippen LogP contribution in [-0.4, -0.2) is 29.1 Å². The van der Waals surface area contributed by atoms with Crippen molar-refractivity contribution in [3.05, 3.63) is 90.0 Å². The van der Waals surface area contributed by atoms with Gasteiger partial charge in [-0.2, -0.15) is 0 Å². The molecule has 0 saturated carbocycles. The van der Waals surface area contributed by atoms with Gasteiger partial charge in [0.2, 0.25) is 0 Å². The lowest BCUT2D eigenvalue weighted by atomic mass is 10.2. The Morgan fingerprint density at radius 2 is 1.63 bits per heavy atom. The van der Waals surface area contributed by atoms with Crippen molar-refractivity contribution in [2.75, 3.05) is 13.6 Å². The molecular formula is C21H26IN5. The van der Waals surface area contributed by atoms with E-state index in [1.165, 1.54) is 11.1 Å². The van der Waals surface area contributed by atoms with E-state index in [2.05, 4.69) is 61.6 Å². The Morgan fingerprint density at radius 1 is 0.963 bits per heavy atom. The van der Waals surface area contributed by atoms with Crippen molar-refractivity contribution >= 4 is 29.9 Å². The molecule has 3 rings (SSSR count). The molecule has 2 aromatic carbocycles. The van der Waals surface area contributed by atoms with E-state index in [0.29, 0.717) is 0 Å². The summed E-state index contributed by atoms with van der Waals surface area (Å²) in [5.41, 5.74) is 2.51. The van der Waals surface area contributed by atoms with Gasteiger partial charge in [0.15, 0.2) is 5.96 Å². The van der Waals surface area contributed by atoms with Crippen LogP contribution >= 0.6 is 24.0 Å². The summed E-state index contributed by atoms with van der Waals surface area (Å²) in [5.74, 6) is 1.87. The zero-order chi connectivity index (χ0) is 18.0. The summed E-state index contributed by atoms with van der Waals surface area (Å²) in [7, 11) is 1.79. The average Bonchev–Trinajstić information content (AvgIpc) is 3.13. The monoisotopic (exact) mass is 475 g/mol. The number of nitrogens with zero attached hydrogens (tertiary/aromatic N) is 3. The largest absolute Gasteiger partial charge is 0.356 e. The van der Waals surface area contributed by atoms with Crippen molar-refractivity contribution in [2.24, 2.45) is 4.99 Å². The van der Waals surface area contributed by atoms with Gasteiger partial charge in [0, 0.05) is 45.5 Å². The molecule has 0 aliphatic rings. The summed E-state index contributed by atoms with van der Waals surface area (Å²) >= 11 is 0. The van der Waals surface area contributed by atoms with Crippen LogP contribution < -0.4 is 10.6 Å². The summed E-state index contributed by atoms with van der Waals surface area (Å²) in [6, 6.07) is 20.7. The third kappa shape index (κ3) is 6.71. The predicted octanol–water partition coefficient (Wildman–Crippen LogP) is 3.46. The maximum absolute atomic E-state index is 4.49. The molecule has 3 aromatic rings. The van der Waals surface area contributed by atoms with Crippen molar-refractivity contribution in [3.8, 4) is 0 Å². The smallest absolute Gasteiger partial charge is 0.191 e. The van der Waals surface area contributed by atoms with Crippen LogP contribution in [0.25, 0.3) is 0 Å². The van der Waals surface area contributed by atoms with Gasteiger partial charge in [-0.25, -0.2) is 4.98 Å². The fourth-order valence-electron chi connectivity index (χ4n) is 2.79. The van der Waals surface area contributed by atoms with Gasteiger partial charge in [0.25, 0.3) is 0 Å². The lowest BCUT2D eigenvalue weighted by molar-refractivity contribution is 0.694. The molecule has 0 aliphatic heterocycles. The van der Waals surface area contributed by atoms with Crippen molar-refractivity contribution in [1.82, 2.24) is 20.2 Å². The number of halogens is 1. The standard InChI is InChI=1S/C21H25N5.HI/c1-22-21(25-16-18-8-4-2-5-9-18)24-13-12-20-23-14-15-26(20)17-19-10-6-3-7-11-19;/h2-11,14-15H,12-13,16-17H2,1H3,(H2,22,24,25);1H. The zero-order valence-electron chi connectivity index (χ0n) is 15.5. The minimum absolute atomic E-state index is 0. The highest BCUT2D eigenvalue weighted by molar-refractivity contribution is 14.0. The van der Waals surface area contributed by atoms with Gasteiger partial charge < -0.3 is 15.2 Å². The topological polar surface area (TPSA) is 54.2 Å². The molecule has 6 heteroatoms. The van der Waals surface area contributed by atoms with Gasteiger partial charge in [0.1, 0.15) is 5.82 Å². The summed E-state index contributed by atoms with van der Waals surface area (Å²) in [6.45, 7) is 2.38. The molecule has 2 N–H and O–H groups in total. The molecule has 0 atom stereocenters. The number of hydrogen-bond donors (Lipinski definition) is 2. The third-order valence-electron chi connectivity index (χ3n) is 4.16. The van der Waals surface area contributed by atoms with Gasteiger partial charge in [-0.15, -0.1) is 24.0 Å². The van der Waals surface area contributed by atoms with Crippen molar-refractivity contribution in [3.63, 3.8) is 0 Å². The van der Waals surface area contributed by atoms with Crippen LogP contribution in [0.4, 0.5) is 0 Å². The molecule has 0 unspecified atom stereocenters. The number of benzene rings is 2. The molecule has 5 nitrogen and oxygen atoms in total. The van der Waals surface area contributed by atoms with E-state index >= 15 is 0 Å². The number of nitrogens with one attached hydrogen (secondary N) is 2. The molecule has 0 bridgehead atoms. The predicted molar refractivity (Wildman–Crippen MR) is 122 cm³/mol. The number of aliphatic imine (C=N–C) groups is 1. The number of hydrogen-bond acceptors (Lipinski definition) is 2. The van der Waals surface area contributed by atoms with Crippen LogP contribution in [0.3, 0.4) is 0 Å². The van der Waals surface area contributed by atoms with Crippen molar-refractivity contribution in [2.45, 2.75) is 19.5 Å². The van der Waals surface area contributed by atoms with E-state index in [0.717, 1.165) is 37.8 Å². The van der Waals surface area contributed by atoms with Crippen LogP contribution in [0.1, 0.15) is 17.0 Å². The van der Waals surface area contributed by atoms with E-state index in [-0.39, 0.29) is 24.0 Å². The van der Waals surface area contributed by atoms with E-state index in [1.54, 1.807) is 7.05 Å². The quantitative estimate of drug-likeness (QED) is 0.313. The Morgan fingerprint density at radius 3 is 2.30 bits per heavy atom. The van der Waals surface area contributed by atoms with Crippen LogP contribution in [0.2, 0.25) is 0 Å². The summed E-state index contributed by atoms with van der Waals surface area (Å²) in [5, 5.41) is 6.69. The maximum Gasteiger partial charge on any atom is 0.191 e. The minimum atomic E-state index is 0. The molecule has 1 aromatic heterocycles. The van der Waals surface area contributed by atoms with E-state index in [1.807, 2.05) is 36.7 Å².